The zero-order valence-corrected chi connectivity index (χ0v) is 14.0. The van der Waals surface area contributed by atoms with E-state index in [1.807, 2.05) is 30.3 Å². The van der Waals surface area contributed by atoms with E-state index in [1.165, 1.54) is 6.33 Å². The molecule has 6 heteroatoms. The van der Waals surface area contributed by atoms with Gasteiger partial charge in [-0.15, -0.1) is 0 Å². The van der Waals surface area contributed by atoms with Crippen molar-refractivity contribution in [2.75, 3.05) is 37.0 Å². The number of hydrogen-bond acceptors (Lipinski definition) is 6. The van der Waals surface area contributed by atoms with Crippen molar-refractivity contribution < 1.29 is 4.74 Å². The SMILES string of the molecule is COc1cc(N(C)C2CCCN(c3ccc(C#N)cc3)C2)ncn1. The van der Waals surface area contributed by atoms with Crippen molar-refractivity contribution in [2.45, 2.75) is 18.9 Å². The molecule has 1 atom stereocenters. The molecule has 0 N–H and O–H groups in total. The smallest absolute Gasteiger partial charge is 0.218 e. The van der Waals surface area contributed by atoms with Crippen LogP contribution in [0.15, 0.2) is 36.7 Å². The van der Waals surface area contributed by atoms with Crippen molar-refractivity contribution in [3.05, 3.63) is 42.2 Å². The lowest BCUT2D eigenvalue weighted by Gasteiger charge is -2.39. The normalized spacial score (nSPS) is 17.2. The molecule has 124 valence electrons. The van der Waals surface area contributed by atoms with Crippen LogP contribution in [0.1, 0.15) is 18.4 Å². The molecular formula is C18H21N5O. The second kappa shape index (κ2) is 7.18. The van der Waals surface area contributed by atoms with Crippen molar-refractivity contribution >= 4 is 11.5 Å². The molecule has 1 aliphatic rings. The Morgan fingerprint density at radius 2 is 2.08 bits per heavy atom. The summed E-state index contributed by atoms with van der Waals surface area (Å²) in [6.07, 6.45) is 3.78. The first-order valence-electron chi connectivity index (χ1n) is 8.05. The highest BCUT2D eigenvalue weighted by atomic mass is 16.5. The maximum atomic E-state index is 8.93. The fourth-order valence-corrected chi connectivity index (χ4v) is 3.07. The summed E-state index contributed by atoms with van der Waals surface area (Å²) in [7, 11) is 3.67. The van der Waals surface area contributed by atoms with Crippen LogP contribution in [-0.2, 0) is 0 Å². The first-order valence-corrected chi connectivity index (χ1v) is 8.05. The number of rotatable bonds is 4. The average Bonchev–Trinajstić information content (AvgIpc) is 2.67. The molecule has 2 heterocycles. The summed E-state index contributed by atoms with van der Waals surface area (Å²) in [5, 5.41) is 8.93. The van der Waals surface area contributed by atoms with Gasteiger partial charge in [-0.1, -0.05) is 0 Å². The van der Waals surface area contributed by atoms with E-state index >= 15 is 0 Å². The Kier molecular flexibility index (Phi) is 4.80. The Labute approximate surface area is 142 Å². The molecule has 1 aliphatic heterocycles. The molecule has 1 saturated heterocycles. The van der Waals surface area contributed by atoms with E-state index in [1.54, 1.807) is 7.11 Å². The van der Waals surface area contributed by atoms with Gasteiger partial charge >= 0.3 is 0 Å². The van der Waals surface area contributed by atoms with Crippen LogP contribution in [0.5, 0.6) is 5.88 Å². The van der Waals surface area contributed by atoms with E-state index in [9.17, 15) is 0 Å². The maximum Gasteiger partial charge on any atom is 0.218 e. The average molecular weight is 323 g/mol. The Balaban J connectivity index is 1.73. The highest BCUT2D eigenvalue weighted by Crippen LogP contribution is 2.25. The van der Waals surface area contributed by atoms with Gasteiger partial charge in [0.05, 0.1) is 18.7 Å². The molecule has 0 bridgehead atoms. The number of nitrogens with zero attached hydrogens (tertiary/aromatic N) is 5. The van der Waals surface area contributed by atoms with Gasteiger partial charge in [-0.3, -0.25) is 0 Å². The number of piperidine rings is 1. The Hall–Kier alpha value is -2.81. The maximum absolute atomic E-state index is 8.93. The van der Waals surface area contributed by atoms with Crippen LogP contribution in [0.2, 0.25) is 0 Å². The molecule has 1 aromatic carbocycles. The molecule has 2 aromatic rings. The quantitative estimate of drug-likeness (QED) is 0.861. The van der Waals surface area contributed by atoms with Gasteiger partial charge in [0.25, 0.3) is 0 Å². The molecule has 0 saturated carbocycles. The van der Waals surface area contributed by atoms with Gasteiger partial charge in [-0.2, -0.15) is 5.26 Å². The highest BCUT2D eigenvalue weighted by Gasteiger charge is 2.24. The largest absolute Gasteiger partial charge is 0.481 e. The fraction of sp³-hybridized carbons (Fsp3) is 0.389. The molecular weight excluding hydrogens is 302 g/mol. The van der Waals surface area contributed by atoms with Crippen molar-refractivity contribution in [3.63, 3.8) is 0 Å². The first-order chi connectivity index (χ1) is 11.7. The highest BCUT2D eigenvalue weighted by molar-refractivity contribution is 5.51. The minimum Gasteiger partial charge on any atom is -0.481 e. The van der Waals surface area contributed by atoms with Crippen molar-refractivity contribution in [1.29, 1.82) is 5.26 Å². The Morgan fingerprint density at radius 3 is 2.79 bits per heavy atom. The van der Waals surface area contributed by atoms with Gasteiger partial charge in [0.1, 0.15) is 12.1 Å². The summed E-state index contributed by atoms with van der Waals surface area (Å²) in [6.45, 7) is 1.96. The van der Waals surface area contributed by atoms with Gasteiger partial charge in [-0.25, -0.2) is 9.97 Å². The Morgan fingerprint density at radius 1 is 1.29 bits per heavy atom. The standard InChI is InChI=1S/C18H21N5O/c1-22(17-10-18(24-2)21-13-20-17)16-4-3-9-23(12-16)15-7-5-14(11-19)6-8-15/h5-8,10,13,16H,3-4,9,12H2,1-2H3. The number of aromatic nitrogens is 2. The monoisotopic (exact) mass is 323 g/mol. The third-order valence-electron chi connectivity index (χ3n) is 4.50. The van der Waals surface area contributed by atoms with Crippen LogP contribution in [0, 0.1) is 11.3 Å². The van der Waals surface area contributed by atoms with Crippen molar-refractivity contribution in [1.82, 2.24) is 9.97 Å². The topological polar surface area (TPSA) is 65.3 Å². The molecule has 0 aliphatic carbocycles. The molecule has 0 spiro atoms. The second-order valence-electron chi connectivity index (χ2n) is 5.93. The summed E-state index contributed by atoms with van der Waals surface area (Å²) in [5.74, 6) is 1.44. The molecule has 0 amide bonds. The number of ether oxygens (including phenoxy) is 1. The van der Waals surface area contributed by atoms with Crippen LogP contribution < -0.4 is 14.5 Å². The van der Waals surface area contributed by atoms with E-state index in [0.29, 0.717) is 17.5 Å². The summed E-state index contributed by atoms with van der Waals surface area (Å²) < 4.78 is 5.19. The van der Waals surface area contributed by atoms with Crippen LogP contribution >= 0.6 is 0 Å². The van der Waals surface area contributed by atoms with Crippen molar-refractivity contribution in [2.24, 2.45) is 0 Å². The summed E-state index contributed by atoms with van der Waals surface area (Å²) in [6, 6.07) is 12.2. The van der Waals surface area contributed by atoms with E-state index in [-0.39, 0.29) is 0 Å². The number of nitriles is 1. The van der Waals surface area contributed by atoms with Crippen LogP contribution in [-0.4, -0.2) is 43.3 Å². The second-order valence-corrected chi connectivity index (χ2v) is 5.93. The molecule has 1 unspecified atom stereocenters. The third-order valence-corrected chi connectivity index (χ3v) is 4.50. The van der Waals surface area contributed by atoms with Crippen LogP contribution in [0.4, 0.5) is 11.5 Å². The van der Waals surface area contributed by atoms with Gasteiger partial charge < -0.3 is 14.5 Å². The zero-order chi connectivity index (χ0) is 16.9. The van der Waals surface area contributed by atoms with Crippen LogP contribution in [0.25, 0.3) is 0 Å². The number of benzene rings is 1. The summed E-state index contributed by atoms with van der Waals surface area (Å²) in [5.41, 5.74) is 1.85. The first kappa shape index (κ1) is 16.1. The molecule has 6 nitrogen and oxygen atoms in total. The lowest BCUT2D eigenvalue weighted by molar-refractivity contribution is 0.396. The number of methoxy groups -OCH3 is 1. The van der Waals surface area contributed by atoms with Crippen LogP contribution in [0.3, 0.4) is 0 Å². The zero-order valence-electron chi connectivity index (χ0n) is 14.0. The van der Waals surface area contributed by atoms with Gasteiger partial charge in [-0.05, 0) is 37.1 Å². The van der Waals surface area contributed by atoms with E-state index in [2.05, 4.69) is 32.9 Å². The Bertz CT molecular complexity index is 725. The number of likely N-dealkylation sites (N-methyl/N-ethyl adjacent to an activating group) is 1. The van der Waals surface area contributed by atoms with E-state index in [0.717, 1.165) is 37.4 Å². The predicted octanol–water partition coefficient (Wildman–Crippen LogP) is 2.46. The minimum atomic E-state index is 0.369. The summed E-state index contributed by atoms with van der Waals surface area (Å²) in [4.78, 5) is 13.0. The molecule has 0 radical (unpaired) electrons. The van der Waals surface area contributed by atoms with E-state index < -0.39 is 0 Å². The minimum absolute atomic E-state index is 0.369. The lowest BCUT2D eigenvalue weighted by Crippen LogP contribution is -2.47. The van der Waals surface area contributed by atoms with Gasteiger partial charge in [0.15, 0.2) is 0 Å². The molecule has 24 heavy (non-hydrogen) atoms. The summed E-state index contributed by atoms with van der Waals surface area (Å²) >= 11 is 0. The number of anilines is 2. The molecule has 1 fully saturated rings. The van der Waals surface area contributed by atoms with Gasteiger partial charge in [0, 0.05) is 37.9 Å². The van der Waals surface area contributed by atoms with Gasteiger partial charge in [0.2, 0.25) is 5.88 Å². The predicted molar refractivity (Wildman–Crippen MR) is 93.4 cm³/mol. The molecule has 3 rings (SSSR count). The van der Waals surface area contributed by atoms with E-state index in [4.69, 9.17) is 10.00 Å². The number of hydrogen-bond donors (Lipinski definition) is 0. The lowest BCUT2D eigenvalue weighted by atomic mass is 10.0. The molecule has 1 aromatic heterocycles. The van der Waals surface area contributed by atoms with Crippen molar-refractivity contribution in [3.8, 4) is 11.9 Å². The third kappa shape index (κ3) is 3.40. The fourth-order valence-electron chi connectivity index (χ4n) is 3.07.